The van der Waals surface area contributed by atoms with Crippen molar-refractivity contribution >= 4 is 29.4 Å². The van der Waals surface area contributed by atoms with Crippen LogP contribution in [0.1, 0.15) is 49.9 Å². The lowest BCUT2D eigenvalue weighted by Crippen LogP contribution is -2.54. The van der Waals surface area contributed by atoms with E-state index in [1.165, 1.54) is 0 Å². The molecule has 3 rings (SSSR count). The second kappa shape index (κ2) is 10.2. The number of carbonyl (C=O) groups excluding carboxylic acids is 3. The van der Waals surface area contributed by atoms with Gasteiger partial charge in [-0.3, -0.25) is 9.59 Å². The number of halogens is 1. The quantitative estimate of drug-likeness (QED) is 0.794. The van der Waals surface area contributed by atoms with Gasteiger partial charge in [0.05, 0.1) is 10.6 Å². The van der Waals surface area contributed by atoms with Crippen LogP contribution in [0.25, 0.3) is 0 Å². The summed E-state index contributed by atoms with van der Waals surface area (Å²) in [7, 11) is 0. The number of nitrogens with one attached hydrogen (secondary N) is 1. The molecular weight excluding hydrogens is 404 g/mol. The van der Waals surface area contributed by atoms with E-state index in [0.717, 1.165) is 25.8 Å². The number of rotatable bonds is 3. The van der Waals surface area contributed by atoms with Gasteiger partial charge in [-0.2, -0.15) is 0 Å². The van der Waals surface area contributed by atoms with Crippen molar-refractivity contribution in [3.05, 3.63) is 34.9 Å². The van der Waals surface area contributed by atoms with Gasteiger partial charge >= 0.3 is 6.03 Å². The van der Waals surface area contributed by atoms with Crippen LogP contribution in [0, 0.1) is 0 Å². The number of hydrogen-bond acceptors (Lipinski definition) is 3. The Labute approximate surface area is 183 Å². The first-order valence-electron chi connectivity index (χ1n) is 10.8. The van der Waals surface area contributed by atoms with Crippen LogP contribution in [0.3, 0.4) is 0 Å². The van der Waals surface area contributed by atoms with E-state index >= 15 is 0 Å². The second-order valence-corrected chi connectivity index (χ2v) is 8.57. The molecular formula is C22H31ClN4O3. The van der Waals surface area contributed by atoms with Crippen molar-refractivity contribution in [1.82, 2.24) is 20.0 Å². The van der Waals surface area contributed by atoms with Gasteiger partial charge in [-0.25, -0.2) is 4.79 Å². The molecule has 2 heterocycles. The van der Waals surface area contributed by atoms with Gasteiger partial charge < -0.3 is 20.0 Å². The maximum atomic E-state index is 12.8. The predicted octanol–water partition coefficient (Wildman–Crippen LogP) is 2.99. The Hall–Kier alpha value is -2.28. The molecule has 164 valence electrons. The summed E-state index contributed by atoms with van der Waals surface area (Å²) in [5, 5.41) is 3.28. The van der Waals surface area contributed by atoms with Crippen molar-refractivity contribution in [2.75, 3.05) is 32.7 Å². The molecule has 1 N–H and O–H groups in total. The first-order chi connectivity index (χ1) is 14.4. The highest BCUT2D eigenvalue weighted by atomic mass is 35.5. The molecule has 1 aromatic carbocycles. The molecule has 30 heavy (non-hydrogen) atoms. The second-order valence-electron chi connectivity index (χ2n) is 8.16. The van der Waals surface area contributed by atoms with Crippen LogP contribution < -0.4 is 5.32 Å². The predicted molar refractivity (Wildman–Crippen MR) is 117 cm³/mol. The van der Waals surface area contributed by atoms with Crippen molar-refractivity contribution in [1.29, 1.82) is 0 Å². The highest BCUT2D eigenvalue weighted by Crippen LogP contribution is 2.19. The van der Waals surface area contributed by atoms with Gasteiger partial charge in [0.25, 0.3) is 5.91 Å². The van der Waals surface area contributed by atoms with Crippen molar-refractivity contribution in [2.45, 2.75) is 51.6 Å². The summed E-state index contributed by atoms with van der Waals surface area (Å²) >= 11 is 6.16. The van der Waals surface area contributed by atoms with Crippen LogP contribution in [0.2, 0.25) is 5.02 Å². The molecule has 0 aromatic heterocycles. The number of piperidine rings is 1. The van der Waals surface area contributed by atoms with Crippen LogP contribution in [0.15, 0.2) is 24.3 Å². The molecule has 2 atom stereocenters. The van der Waals surface area contributed by atoms with E-state index in [0.29, 0.717) is 43.2 Å². The molecule has 0 spiro atoms. The number of urea groups is 1. The molecule has 0 aliphatic carbocycles. The summed E-state index contributed by atoms with van der Waals surface area (Å²) in [4.78, 5) is 43.6. The Morgan fingerprint density at radius 3 is 2.43 bits per heavy atom. The SMILES string of the molecule is CC(NC(=O)N1CCCN(C(=O)c2ccccc2Cl)CC1)C(=O)N1CCCCC1C. The zero-order valence-electron chi connectivity index (χ0n) is 17.8. The average Bonchev–Trinajstić information content (AvgIpc) is 3.00. The maximum absolute atomic E-state index is 12.8. The fraction of sp³-hybridized carbons (Fsp3) is 0.591. The summed E-state index contributed by atoms with van der Waals surface area (Å²) in [5.41, 5.74) is 0.479. The molecule has 2 unspecified atom stereocenters. The monoisotopic (exact) mass is 434 g/mol. The molecule has 0 radical (unpaired) electrons. The molecule has 4 amide bonds. The fourth-order valence-electron chi connectivity index (χ4n) is 4.14. The largest absolute Gasteiger partial charge is 0.338 e. The number of nitrogens with zero attached hydrogens (tertiary/aromatic N) is 3. The van der Waals surface area contributed by atoms with Crippen LogP contribution in [0.5, 0.6) is 0 Å². The Bertz CT molecular complexity index is 787. The lowest BCUT2D eigenvalue weighted by Gasteiger charge is -2.35. The third-order valence-corrected chi connectivity index (χ3v) is 6.30. The van der Waals surface area contributed by atoms with Crippen LogP contribution in [0.4, 0.5) is 4.79 Å². The topological polar surface area (TPSA) is 73.0 Å². The molecule has 2 aliphatic heterocycles. The molecule has 0 bridgehead atoms. The number of likely N-dealkylation sites (tertiary alicyclic amines) is 1. The number of benzene rings is 1. The van der Waals surface area contributed by atoms with Gasteiger partial charge in [-0.15, -0.1) is 0 Å². The van der Waals surface area contributed by atoms with E-state index in [1.807, 2.05) is 4.90 Å². The molecule has 8 heteroatoms. The lowest BCUT2D eigenvalue weighted by molar-refractivity contribution is -0.136. The minimum atomic E-state index is -0.567. The van der Waals surface area contributed by atoms with E-state index in [1.54, 1.807) is 41.0 Å². The normalized spacial score (nSPS) is 21.0. The van der Waals surface area contributed by atoms with Crippen molar-refractivity contribution < 1.29 is 14.4 Å². The van der Waals surface area contributed by atoms with E-state index in [9.17, 15) is 14.4 Å². The van der Waals surface area contributed by atoms with Crippen molar-refractivity contribution in [3.8, 4) is 0 Å². The third kappa shape index (κ3) is 5.25. The summed E-state index contributed by atoms with van der Waals surface area (Å²) < 4.78 is 0. The molecule has 2 saturated heterocycles. The minimum Gasteiger partial charge on any atom is -0.338 e. The Morgan fingerprint density at radius 2 is 1.70 bits per heavy atom. The van der Waals surface area contributed by atoms with E-state index in [-0.39, 0.29) is 23.9 Å². The Morgan fingerprint density at radius 1 is 1.00 bits per heavy atom. The Kier molecular flexibility index (Phi) is 7.58. The van der Waals surface area contributed by atoms with Crippen molar-refractivity contribution in [3.63, 3.8) is 0 Å². The zero-order chi connectivity index (χ0) is 21.7. The fourth-order valence-corrected chi connectivity index (χ4v) is 4.36. The smallest absolute Gasteiger partial charge is 0.318 e. The summed E-state index contributed by atoms with van der Waals surface area (Å²) in [6.07, 6.45) is 3.84. The van der Waals surface area contributed by atoms with E-state index < -0.39 is 6.04 Å². The highest BCUT2D eigenvalue weighted by Gasteiger charge is 2.30. The molecule has 0 saturated carbocycles. The van der Waals surface area contributed by atoms with Gasteiger partial charge in [-0.05, 0) is 51.7 Å². The summed E-state index contributed by atoms with van der Waals surface area (Å²) in [5.74, 6) is -0.147. The third-order valence-electron chi connectivity index (χ3n) is 5.97. The summed E-state index contributed by atoms with van der Waals surface area (Å²) in [6.45, 7) is 6.51. The zero-order valence-corrected chi connectivity index (χ0v) is 18.5. The lowest BCUT2D eigenvalue weighted by atomic mass is 10.0. The van der Waals surface area contributed by atoms with Crippen LogP contribution >= 0.6 is 11.6 Å². The highest BCUT2D eigenvalue weighted by molar-refractivity contribution is 6.33. The van der Waals surface area contributed by atoms with E-state index in [2.05, 4.69) is 12.2 Å². The number of amides is 4. The van der Waals surface area contributed by atoms with Crippen LogP contribution in [-0.2, 0) is 4.79 Å². The van der Waals surface area contributed by atoms with Gasteiger partial charge in [0.15, 0.2) is 0 Å². The number of carbonyl (C=O) groups is 3. The van der Waals surface area contributed by atoms with Gasteiger partial charge in [0, 0.05) is 38.8 Å². The molecule has 2 fully saturated rings. The molecule has 2 aliphatic rings. The van der Waals surface area contributed by atoms with Gasteiger partial charge in [-0.1, -0.05) is 23.7 Å². The van der Waals surface area contributed by atoms with Crippen molar-refractivity contribution in [2.24, 2.45) is 0 Å². The minimum absolute atomic E-state index is 0.0269. The average molecular weight is 435 g/mol. The molecule has 7 nitrogen and oxygen atoms in total. The van der Waals surface area contributed by atoms with Crippen LogP contribution in [-0.4, -0.2) is 77.4 Å². The standard InChI is InChI=1S/C22H31ClN4O3/c1-16-8-5-6-13-27(16)20(28)17(2)24-22(30)26-12-7-11-25(14-15-26)21(29)18-9-3-4-10-19(18)23/h3-4,9-10,16-17H,5-8,11-15H2,1-2H3,(H,24,30). The van der Waals surface area contributed by atoms with E-state index in [4.69, 9.17) is 11.6 Å². The van der Waals surface area contributed by atoms with Gasteiger partial charge in [0.2, 0.25) is 5.91 Å². The first kappa shape index (κ1) is 22.4. The molecule has 1 aromatic rings. The Balaban J connectivity index is 1.54. The first-order valence-corrected chi connectivity index (χ1v) is 11.2. The number of hydrogen-bond donors (Lipinski definition) is 1. The van der Waals surface area contributed by atoms with Gasteiger partial charge in [0.1, 0.15) is 6.04 Å². The summed E-state index contributed by atoms with van der Waals surface area (Å²) in [6, 6.07) is 6.39. The maximum Gasteiger partial charge on any atom is 0.318 e.